The van der Waals surface area contributed by atoms with Crippen LogP contribution in [0.2, 0.25) is 0 Å². The molecule has 1 aromatic carbocycles. The number of carbonyl (C=O) groups excluding carboxylic acids is 1. The molecule has 13 heavy (non-hydrogen) atoms. The number of thiol groups is 1. The number of hydrogen-bond donors (Lipinski definition) is 2. The molecule has 0 aliphatic carbocycles. The van der Waals surface area contributed by atoms with E-state index < -0.39 is 0 Å². The Kier molecular flexibility index (Phi) is 2.98. The van der Waals surface area contributed by atoms with Crippen molar-refractivity contribution in [1.82, 2.24) is 0 Å². The van der Waals surface area contributed by atoms with Crippen LogP contribution in [0.1, 0.15) is 16.7 Å². The Hall–Kier alpha value is -0.960. The molecule has 0 saturated heterocycles. The van der Waals surface area contributed by atoms with Crippen LogP contribution in [0.25, 0.3) is 0 Å². The molecule has 0 unspecified atom stereocenters. The largest absolute Gasteiger partial charge is 0.317 e. The molecule has 0 atom stereocenters. The highest BCUT2D eigenvalue weighted by Crippen LogP contribution is 2.20. The fraction of sp³-hybridized carbons (Fsp3) is 0.300. The first-order valence-corrected chi connectivity index (χ1v) is 4.53. The molecule has 0 bridgehead atoms. The van der Waals surface area contributed by atoms with Gasteiger partial charge in [-0.2, -0.15) is 0 Å². The Morgan fingerprint density at radius 3 is 2.23 bits per heavy atom. The molecule has 2 nitrogen and oxygen atoms in total. The van der Waals surface area contributed by atoms with Gasteiger partial charge in [-0.1, -0.05) is 18.7 Å². The number of hydrogen-bond acceptors (Lipinski definition) is 1. The molecule has 0 radical (unpaired) electrons. The van der Waals surface area contributed by atoms with E-state index in [1.54, 1.807) is 0 Å². The van der Waals surface area contributed by atoms with Crippen molar-refractivity contribution in [2.45, 2.75) is 20.8 Å². The second-order valence-electron chi connectivity index (χ2n) is 3.18. The summed E-state index contributed by atoms with van der Waals surface area (Å²) in [6, 6.07) is 4.01. The van der Waals surface area contributed by atoms with E-state index in [0.29, 0.717) is 0 Å². The van der Waals surface area contributed by atoms with Gasteiger partial charge in [-0.05, 0) is 43.5 Å². The quantitative estimate of drug-likeness (QED) is 0.662. The fourth-order valence-electron chi connectivity index (χ4n) is 1.21. The van der Waals surface area contributed by atoms with Crippen LogP contribution in [0.4, 0.5) is 10.5 Å². The molecule has 0 aliphatic heterocycles. The van der Waals surface area contributed by atoms with Crippen LogP contribution in [-0.2, 0) is 0 Å². The Morgan fingerprint density at radius 2 is 1.69 bits per heavy atom. The predicted octanol–water partition coefficient (Wildman–Crippen LogP) is 3.07. The highest BCUT2D eigenvalue weighted by Gasteiger charge is 2.02. The predicted molar refractivity (Wildman–Crippen MR) is 58.7 cm³/mol. The van der Waals surface area contributed by atoms with Gasteiger partial charge in [0.2, 0.25) is 0 Å². The van der Waals surface area contributed by atoms with Crippen LogP contribution in [0.5, 0.6) is 0 Å². The average Bonchev–Trinajstić information content (AvgIpc) is 1.99. The minimum atomic E-state index is -0.327. The number of rotatable bonds is 1. The standard InChI is InChI=1S/C10H13NOS/c1-6-4-8(3)9(5-7(6)2)11-10(12)13/h4-5H,1-3H3,(H2,11,12,13). The number of aryl methyl sites for hydroxylation is 3. The van der Waals surface area contributed by atoms with Gasteiger partial charge in [-0.25, -0.2) is 0 Å². The summed E-state index contributed by atoms with van der Waals surface area (Å²) in [4.78, 5) is 10.7. The summed E-state index contributed by atoms with van der Waals surface area (Å²) in [6.07, 6.45) is 0. The van der Waals surface area contributed by atoms with Crippen molar-refractivity contribution in [3.63, 3.8) is 0 Å². The zero-order valence-corrected chi connectivity index (χ0v) is 8.90. The molecule has 70 valence electrons. The van der Waals surface area contributed by atoms with Gasteiger partial charge in [0.1, 0.15) is 0 Å². The summed E-state index contributed by atoms with van der Waals surface area (Å²) in [7, 11) is 0. The van der Waals surface area contributed by atoms with Gasteiger partial charge in [0, 0.05) is 5.69 Å². The molecule has 0 saturated carbocycles. The van der Waals surface area contributed by atoms with Crippen molar-refractivity contribution < 1.29 is 4.79 Å². The second kappa shape index (κ2) is 3.83. The number of carbonyl (C=O) groups is 1. The van der Waals surface area contributed by atoms with Gasteiger partial charge in [-0.15, -0.1) is 0 Å². The van der Waals surface area contributed by atoms with Gasteiger partial charge in [-0.3, -0.25) is 4.79 Å². The van der Waals surface area contributed by atoms with Crippen LogP contribution in [-0.4, -0.2) is 5.24 Å². The summed E-state index contributed by atoms with van der Waals surface area (Å²) in [5.74, 6) is 0. The van der Waals surface area contributed by atoms with E-state index in [9.17, 15) is 4.79 Å². The van der Waals surface area contributed by atoms with Crippen LogP contribution in [0.15, 0.2) is 12.1 Å². The monoisotopic (exact) mass is 195 g/mol. The Labute approximate surface area is 83.8 Å². The zero-order chi connectivity index (χ0) is 10.0. The lowest BCUT2D eigenvalue weighted by atomic mass is 10.1. The third-order valence-corrected chi connectivity index (χ3v) is 2.19. The van der Waals surface area contributed by atoms with Gasteiger partial charge >= 0.3 is 0 Å². The summed E-state index contributed by atoms with van der Waals surface area (Å²) in [5, 5.41) is 2.34. The molecule has 0 spiro atoms. The first-order chi connectivity index (χ1) is 6.00. The fourth-order valence-corrected chi connectivity index (χ4v) is 1.33. The number of amides is 1. The molecule has 0 fully saturated rings. The lowest BCUT2D eigenvalue weighted by Gasteiger charge is -2.09. The van der Waals surface area contributed by atoms with Gasteiger partial charge in [0.25, 0.3) is 5.24 Å². The van der Waals surface area contributed by atoms with Crippen molar-refractivity contribution in [2.24, 2.45) is 0 Å². The normalized spacial score (nSPS) is 9.85. The molecule has 0 heterocycles. The Bertz CT molecular complexity index is 347. The van der Waals surface area contributed by atoms with Crippen molar-refractivity contribution in [2.75, 3.05) is 5.32 Å². The third kappa shape index (κ3) is 2.49. The van der Waals surface area contributed by atoms with E-state index in [0.717, 1.165) is 11.3 Å². The van der Waals surface area contributed by atoms with E-state index in [-0.39, 0.29) is 5.24 Å². The van der Waals surface area contributed by atoms with Crippen LogP contribution < -0.4 is 5.32 Å². The third-order valence-electron chi connectivity index (χ3n) is 2.08. The maximum atomic E-state index is 10.7. The van der Waals surface area contributed by atoms with Crippen LogP contribution >= 0.6 is 12.6 Å². The van der Waals surface area contributed by atoms with Crippen molar-refractivity contribution in [3.8, 4) is 0 Å². The summed E-state index contributed by atoms with van der Waals surface area (Å²) in [5.41, 5.74) is 4.30. The first-order valence-electron chi connectivity index (χ1n) is 4.08. The van der Waals surface area contributed by atoms with Gasteiger partial charge in [0.05, 0.1) is 0 Å². The zero-order valence-electron chi connectivity index (χ0n) is 8.01. The topological polar surface area (TPSA) is 29.1 Å². The summed E-state index contributed by atoms with van der Waals surface area (Å²) < 4.78 is 0. The molecular weight excluding hydrogens is 182 g/mol. The van der Waals surface area contributed by atoms with Crippen molar-refractivity contribution >= 4 is 23.6 Å². The van der Waals surface area contributed by atoms with E-state index in [2.05, 4.69) is 24.9 Å². The molecule has 1 aromatic rings. The molecule has 1 rings (SSSR count). The molecule has 3 heteroatoms. The molecule has 0 aliphatic rings. The van der Waals surface area contributed by atoms with Gasteiger partial charge < -0.3 is 5.32 Å². The average molecular weight is 195 g/mol. The molecule has 1 amide bonds. The van der Waals surface area contributed by atoms with E-state index in [4.69, 9.17) is 0 Å². The van der Waals surface area contributed by atoms with Gasteiger partial charge in [0.15, 0.2) is 0 Å². The second-order valence-corrected chi connectivity index (χ2v) is 3.59. The maximum Gasteiger partial charge on any atom is 0.280 e. The Morgan fingerprint density at radius 1 is 1.15 bits per heavy atom. The number of nitrogens with one attached hydrogen (secondary N) is 1. The van der Waals surface area contributed by atoms with Crippen molar-refractivity contribution in [1.29, 1.82) is 0 Å². The molecule has 0 aromatic heterocycles. The van der Waals surface area contributed by atoms with Crippen molar-refractivity contribution in [3.05, 3.63) is 28.8 Å². The summed E-state index contributed by atoms with van der Waals surface area (Å²) >= 11 is 3.67. The number of anilines is 1. The minimum Gasteiger partial charge on any atom is -0.317 e. The maximum absolute atomic E-state index is 10.7. The smallest absolute Gasteiger partial charge is 0.280 e. The van der Waals surface area contributed by atoms with Crippen LogP contribution in [0, 0.1) is 20.8 Å². The van der Waals surface area contributed by atoms with E-state index in [1.165, 1.54) is 11.1 Å². The lowest BCUT2D eigenvalue weighted by molar-refractivity contribution is 0.270. The van der Waals surface area contributed by atoms with E-state index >= 15 is 0 Å². The first kappa shape index (κ1) is 10.1. The summed E-state index contributed by atoms with van der Waals surface area (Å²) in [6.45, 7) is 6.03. The van der Waals surface area contributed by atoms with E-state index in [1.807, 2.05) is 26.0 Å². The molecule has 1 N–H and O–H groups in total. The molecular formula is C10H13NOS. The minimum absolute atomic E-state index is 0.327. The van der Waals surface area contributed by atoms with Crippen LogP contribution in [0.3, 0.4) is 0 Å². The number of benzene rings is 1. The lowest BCUT2D eigenvalue weighted by Crippen LogP contribution is -2.03. The highest BCUT2D eigenvalue weighted by atomic mass is 32.1. The SMILES string of the molecule is Cc1cc(C)c(NC(=O)S)cc1C. The highest BCUT2D eigenvalue weighted by molar-refractivity contribution is 7.96. The Balaban J connectivity index is 3.08.